The number of aryl methyl sites for hydroxylation is 2. The summed E-state index contributed by atoms with van der Waals surface area (Å²) in [6.45, 7) is 6.11. The van der Waals surface area contributed by atoms with Crippen LogP contribution >= 0.6 is 34.4 Å². The maximum atomic E-state index is 13.0. The van der Waals surface area contributed by atoms with Gasteiger partial charge in [-0.1, -0.05) is 29.5 Å². The van der Waals surface area contributed by atoms with E-state index in [1.165, 1.54) is 35.6 Å². The molecule has 3 aromatic heterocycles. The lowest BCUT2D eigenvalue weighted by Crippen LogP contribution is -2.17. The Morgan fingerprint density at radius 3 is 2.76 bits per heavy atom. The summed E-state index contributed by atoms with van der Waals surface area (Å²) in [7, 11) is 0. The number of nitrogens with zero attached hydrogens (tertiary/aromatic N) is 2. The van der Waals surface area contributed by atoms with Crippen LogP contribution in [-0.2, 0) is 11.3 Å². The van der Waals surface area contributed by atoms with Crippen molar-refractivity contribution < 1.29 is 9.59 Å². The average molecular weight is 495 g/mol. The van der Waals surface area contributed by atoms with Crippen molar-refractivity contribution in [2.45, 2.75) is 37.2 Å². The Morgan fingerprint density at radius 2 is 1.97 bits per heavy atom. The number of hydrogen-bond donors (Lipinski definition) is 2. The number of thiazole rings is 1. The molecule has 33 heavy (non-hydrogen) atoms. The average Bonchev–Trinajstić information content (AvgIpc) is 3.44. The number of amides is 2. The van der Waals surface area contributed by atoms with Gasteiger partial charge in [0.25, 0.3) is 5.91 Å². The molecule has 168 valence electrons. The van der Waals surface area contributed by atoms with Gasteiger partial charge in [0.15, 0.2) is 5.13 Å². The second kappa shape index (κ2) is 10.3. The predicted octanol–water partition coefficient (Wildman–Crippen LogP) is 5.92. The smallest absolute Gasteiger partial charge is 0.260 e. The molecule has 0 aliphatic carbocycles. The number of rotatable bonds is 7. The molecule has 0 saturated heterocycles. The maximum absolute atomic E-state index is 13.0. The van der Waals surface area contributed by atoms with Crippen LogP contribution in [0.4, 0.5) is 5.13 Å². The molecule has 1 aromatic carbocycles. The van der Waals surface area contributed by atoms with E-state index < -0.39 is 0 Å². The normalized spacial score (nSPS) is 10.8. The fourth-order valence-corrected chi connectivity index (χ4v) is 5.73. The number of pyridine rings is 1. The van der Waals surface area contributed by atoms with Crippen LogP contribution in [0.3, 0.4) is 0 Å². The van der Waals surface area contributed by atoms with Crippen molar-refractivity contribution in [3.8, 4) is 10.6 Å². The molecule has 0 saturated carbocycles. The van der Waals surface area contributed by atoms with Crippen LogP contribution in [0.5, 0.6) is 0 Å². The zero-order valence-electron chi connectivity index (χ0n) is 18.3. The van der Waals surface area contributed by atoms with Crippen LogP contribution in [0.1, 0.15) is 33.3 Å². The summed E-state index contributed by atoms with van der Waals surface area (Å²) >= 11 is 4.42. The van der Waals surface area contributed by atoms with Crippen molar-refractivity contribution in [2.24, 2.45) is 0 Å². The van der Waals surface area contributed by atoms with Gasteiger partial charge in [-0.2, -0.15) is 0 Å². The summed E-state index contributed by atoms with van der Waals surface area (Å²) in [5.41, 5.74) is 3.65. The Labute approximate surface area is 204 Å². The van der Waals surface area contributed by atoms with E-state index >= 15 is 0 Å². The van der Waals surface area contributed by atoms with Gasteiger partial charge in [-0.15, -0.1) is 22.7 Å². The second-order valence-corrected chi connectivity index (χ2v) is 10.5. The van der Waals surface area contributed by atoms with Gasteiger partial charge in [0, 0.05) is 28.3 Å². The third-order valence-corrected chi connectivity index (χ3v) is 7.77. The third-order valence-electron chi connectivity index (χ3n) is 4.70. The minimum absolute atomic E-state index is 0.0610. The van der Waals surface area contributed by atoms with Crippen LogP contribution in [0, 0.1) is 13.8 Å². The lowest BCUT2D eigenvalue weighted by atomic mass is 10.2. The number of hydrogen-bond acceptors (Lipinski definition) is 7. The summed E-state index contributed by atoms with van der Waals surface area (Å²) in [5, 5.41) is 8.79. The van der Waals surface area contributed by atoms with Crippen LogP contribution < -0.4 is 10.6 Å². The third kappa shape index (κ3) is 5.87. The number of carbonyl (C=O) groups excluding carboxylic acids is 2. The highest BCUT2D eigenvalue weighted by Crippen LogP contribution is 2.33. The SMILES string of the molecule is CC(=O)NCc1ccc(-c2csc(NC(=O)c3cccnc3Sc3ccc(C)cc3C)n2)s1. The number of benzene rings is 1. The van der Waals surface area contributed by atoms with E-state index in [-0.39, 0.29) is 11.8 Å². The van der Waals surface area contributed by atoms with Gasteiger partial charge >= 0.3 is 0 Å². The fraction of sp³-hybridized carbons (Fsp3) is 0.167. The Hall–Kier alpha value is -3.01. The number of carbonyl (C=O) groups is 2. The van der Waals surface area contributed by atoms with E-state index in [1.54, 1.807) is 29.7 Å². The Bertz CT molecular complexity index is 1310. The van der Waals surface area contributed by atoms with Crippen molar-refractivity contribution in [1.29, 1.82) is 0 Å². The number of anilines is 1. The molecule has 2 amide bonds. The largest absolute Gasteiger partial charge is 0.351 e. The van der Waals surface area contributed by atoms with Gasteiger partial charge in [0.2, 0.25) is 5.91 Å². The molecule has 4 aromatic rings. The summed E-state index contributed by atoms with van der Waals surface area (Å²) < 4.78 is 0. The molecule has 6 nitrogen and oxygen atoms in total. The highest BCUT2D eigenvalue weighted by Gasteiger charge is 2.17. The highest BCUT2D eigenvalue weighted by molar-refractivity contribution is 7.99. The molecule has 0 spiro atoms. The molecule has 0 aliphatic heterocycles. The van der Waals surface area contributed by atoms with Gasteiger partial charge in [-0.25, -0.2) is 9.97 Å². The van der Waals surface area contributed by atoms with Crippen molar-refractivity contribution >= 4 is 51.4 Å². The van der Waals surface area contributed by atoms with E-state index in [0.29, 0.717) is 22.3 Å². The van der Waals surface area contributed by atoms with Crippen LogP contribution in [-0.4, -0.2) is 21.8 Å². The number of thiophene rings is 1. The lowest BCUT2D eigenvalue weighted by molar-refractivity contribution is -0.119. The lowest BCUT2D eigenvalue weighted by Gasteiger charge is -2.10. The van der Waals surface area contributed by atoms with E-state index in [1.807, 2.05) is 17.5 Å². The zero-order valence-corrected chi connectivity index (χ0v) is 20.8. The summed E-state index contributed by atoms with van der Waals surface area (Å²) in [5.74, 6) is -0.303. The Morgan fingerprint density at radius 1 is 1.12 bits per heavy atom. The van der Waals surface area contributed by atoms with Gasteiger partial charge in [0.05, 0.1) is 22.7 Å². The Kier molecular flexibility index (Phi) is 7.22. The zero-order chi connectivity index (χ0) is 23.4. The van der Waals surface area contributed by atoms with Crippen LogP contribution in [0.25, 0.3) is 10.6 Å². The van der Waals surface area contributed by atoms with Crippen LogP contribution in [0.15, 0.2) is 64.0 Å². The first-order valence-corrected chi connectivity index (χ1v) is 12.7. The number of aromatic nitrogens is 2. The molecule has 0 aliphatic rings. The molecule has 4 rings (SSSR count). The second-order valence-electron chi connectivity index (χ2n) is 7.39. The molecule has 2 N–H and O–H groups in total. The molecular weight excluding hydrogens is 472 g/mol. The van der Waals surface area contributed by atoms with Crippen LogP contribution in [0.2, 0.25) is 0 Å². The molecular formula is C24H22N4O2S3. The van der Waals surface area contributed by atoms with Gasteiger partial charge in [0.1, 0.15) is 5.03 Å². The maximum Gasteiger partial charge on any atom is 0.260 e. The molecule has 0 atom stereocenters. The topological polar surface area (TPSA) is 84.0 Å². The molecule has 0 radical (unpaired) electrons. The molecule has 0 unspecified atom stereocenters. The standard InChI is InChI=1S/C24H22N4O2S3/c1-14-6-8-20(15(2)11-14)33-23-18(5-4-10-25-23)22(30)28-24-27-19(13-31-24)21-9-7-17(32-21)12-26-16(3)29/h4-11,13H,12H2,1-3H3,(H,26,29)(H,27,28,30). The minimum Gasteiger partial charge on any atom is -0.351 e. The van der Waals surface area contributed by atoms with Crippen molar-refractivity contribution in [1.82, 2.24) is 15.3 Å². The van der Waals surface area contributed by atoms with E-state index in [2.05, 4.69) is 52.6 Å². The molecule has 0 bridgehead atoms. The molecule has 0 fully saturated rings. The van der Waals surface area contributed by atoms with Gasteiger partial charge in [-0.3, -0.25) is 14.9 Å². The van der Waals surface area contributed by atoms with E-state index in [4.69, 9.17) is 0 Å². The highest BCUT2D eigenvalue weighted by atomic mass is 32.2. The van der Waals surface area contributed by atoms with Gasteiger partial charge < -0.3 is 5.32 Å². The first-order chi connectivity index (χ1) is 15.9. The molecule has 9 heteroatoms. The van der Waals surface area contributed by atoms with Crippen molar-refractivity contribution in [3.05, 3.63) is 75.6 Å². The quantitative estimate of drug-likeness (QED) is 0.333. The summed E-state index contributed by atoms with van der Waals surface area (Å²) in [6.07, 6.45) is 1.69. The van der Waals surface area contributed by atoms with Crippen molar-refractivity contribution in [3.63, 3.8) is 0 Å². The molecule has 3 heterocycles. The predicted molar refractivity (Wildman–Crippen MR) is 135 cm³/mol. The first-order valence-electron chi connectivity index (χ1n) is 10.2. The minimum atomic E-state index is -0.242. The van der Waals surface area contributed by atoms with E-state index in [0.717, 1.165) is 25.9 Å². The first kappa shape index (κ1) is 23.2. The number of nitrogens with one attached hydrogen (secondary N) is 2. The fourth-order valence-electron chi connectivity index (χ4n) is 3.09. The van der Waals surface area contributed by atoms with Gasteiger partial charge in [-0.05, 0) is 49.7 Å². The van der Waals surface area contributed by atoms with Crippen molar-refractivity contribution in [2.75, 3.05) is 5.32 Å². The van der Waals surface area contributed by atoms with E-state index in [9.17, 15) is 9.59 Å². The summed E-state index contributed by atoms with van der Waals surface area (Å²) in [4.78, 5) is 36.3. The Balaban J connectivity index is 1.47. The summed E-state index contributed by atoms with van der Waals surface area (Å²) in [6, 6.07) is 13.7. The monoisotopic (exact) mass is 494 g/mol.